The number of ether oxygens (including phenoxy) is 2. The Hall–Kier alpha value is -1.46. The first-order valence-corrected chi connectivity index (χ1v) is 7.24. The number of rotatable bonds is 7. The normalized spacial score (nSPS) is 12.1. The molecule has 0 aliphatic carbocycles. The van der Waals surface area contributed by atoms with Crippen molar-refractivity contribution in [3.8, 4) is 11.5 Å². The van der Waals surface area contributed by atoms with Crippen LogP contribution in [0.15, 0.2) is 12.1 Å². The van der Waals surface area contributed by atoms with Crippen LogP contribution in [0.2, 0.25) is 5.02 Å². The topological polar surface area (TPSA) is 59.6 Å². The van der Waals surface area contributed by atoms with Gasteiger partial charge in [-0.25, -0.2) is 0 Å². The Balaban J connectivity index is 2.94. The van der Waals surface area contributed by atoms with E-state index in [9.17, 15) is 4.79 Å². The molecule has 0 aromatic heterocycles. The van der Waals surface area contributed by atoms with Gasteiger partial charge < -0.3 is 20.1 Å². The zero-order valence-corrected chi connectivity index (χ0v) is 13.9. The van der Waals surface area contributed by atoms with Crippen LogP contribution in [0.4, 0.5) is 0 Å². The van der Waals surface area contributed by atoms with Crippen molar-refractivity contribution in [2.24, 2.45) is 0 Å². The van der Waals surface area contributed by atoms with E-state index in [1.54, 1.807) is 20.1 Å². The minimum Gasteiger partial charge on any atom is -0.493 e. The molecule has 0 saturated heterocycles. The zero-order valence-electron chi connectivity index (χ0n) is 13.1. The van der Waals surface area contributed by atoms with Crippen molar-refractivity contribution in [1.82, 2.24) is 10.6 Å². The molecule has 1 aromatic carbocycles. The number of methoxy groups -OCH3 is 1. The summed E-state index contributed by atoms with van der Waals surface area (Å²) in [5.41, 5.74) is 0.978. The van der Waals surface area contributed by atoms with Gasteiger partial charge in [-0.1, -0.05) is 11.6 Å². The molecular formula is C15H23ClN2O3. The summed E-state index contributed by atoms with van der Waals surface area (Å²) in [6.07, 6.45) is -0.658. The van der Waals surface area contributed by atoms with Gasteiger partial charge in [0.1, 0.15) is 0 Å². The summed E-state index contributed by atoms with van der Waals surface area (Å²) in [4.78, 5) is 11.9. The number of halogens is 1. The standard InChI is InChI=1S/C15H23ClN2O3/c1-9(2)18-15(19)10(3)21-14-12(16)6-11(8-17-4)7-13(14)20-5/h6-7,9-10,17H,8H2,1-5H3,(H,18,19). The van der Waals surface area contributed by atoms with Crippen molar-refractivity contribution in [3.63, 3.8) is 0 Å². The first-order valence-electron chi connectivity index (χ1n) is 6.87. The minimum absolute atomic E-state index is 0.0546. The van der Waals surface area contributed by atoms with Crippen molar-refractivity contribution in [1.29, 1.82) is 0 Å². The third-order valence-electron chi connectivity index (χ3n) is 2.76. The molecule has 1 unspecified atom stereocenters. The Labute approximate surface area is 131 Å². The van der Waals surface area contributed by atoms with Crippen LogP contribution in [-0.4, -0.2) is 32.2 Å². The fraction of sp³-hybridized carbons (Fsp3) is 0.533. The van der Waals surface area contributed by atoms with Crippen molar-refractivity contribution in [2.45, 2.75) is 39.5 Å². The van der Waals surface area contributed by atoms with E-state index < -0.39 is 6.10 Å². The molecule has 1 aromatic rings. The molecule has 21 heavy (non-hydrogen) atoms. The molecule has 1 atom stereocenters. The van der Waals surface area contributed by atoms with Gasteiger partial charge in [0.15, 0.2) is 17.6 Å². The molecule has 0 fully saturated rings. The third kappa shape index (κ3) is 5.10. The van der Waals surface area contributed by atoms with Crippen LogP contribution in [0.5, 0.6) is 11.5 Å². The van der Waals surface area contributed by atoms with Gasteiger partial charge in [-0.2, -0.15) is 0 Å². The Bertz CT molecular complexity index is 492. The van der Waals surface area contributed by atoms with Crippen LogP contribution < -0.4 is 20.1 Å². The first kappa shape index (κ1) is 17.6. The van der Waals surface area contributed by atoms with Gasteiger partial charge in [-0.3, -0.25) is 4.79 Å². The summed E-state index contributed by atoms with van der Waals surface area (Å²) >= 11 is 6.24. The van der Waals surface area contributed by atoms with Crippen molar-refractivity contribution in [3.05, 3.63) is 22.7 Å². The molecular weight excluding hydrogens is 292 g/mol. The summed E-state index contributed by atoms with van der Waals surface area (Å²) in [5, 5.41) is 6.26. The number of nitrogens with one attached hydrogen (secondary N) is 2. The number of carbonyl (C=O) groups is 1. The summed E-state index contributed by atoms with van der Waals surface area (Å²) in [7, 11) is 3.39. The lowest BCUT2D eigenvalue weighted by Crippen LogP contribution is -2.40. The maximum Gasteiger partial charge on any atom is 0.260 e. The van der Waals surface area contributed by atoms with E-state index >= 15 is 0 Å². The first-order chi connectivity index (χ1) is 9.88. The molecule has 118 valence electrons. The molecule has 0 spiro atoms. The molecule has 0 radical (unpaired) electrons. The molecule has 0 aliphatic heterocycles. The van der Waals surface area contributed by atoms with E-state index in [0.29, 0.717) is 23.1 Å². The van der Waals surface area contributed by atoms with E-state index in [1.807, 2.05) is 27.0 Å². The fourth-order valence-corrected chi connectivity index (χ4v) is 2.10. The molecule has 1 amide bonds. The van der Waals surface area contributed by atoms with Crippen LogP contribution in [0, 0.1) is 0 Å². The maximum atomic E-state index is 11.9. The Morgan fingerprint density at radius 1 is 1.33 bits per heavy atom. The molecule has 5 nitrogen and oxygen atoms in total. The van der Waals surface area contributed by atoms with E-state index in [-0.39, 0.29) is 11.9 Å². The summed E-state index contributed by atoms with van der Waals surface area (Å²) in [6.45, 7) is 6.13. The highest BCUT2D eigenvalue weighted by Gasteiger charge is 2.20. The largest absolute Gasteiger partial charge is 0.493 e. The van der Waals surface area contributed by atoms with Gasteiger partial charge in [-0.15, -0.1) is 0 Å². The monoisotopic (exact) mass is 314 g/mol. The number of benzene rings is 1. The lowest BCUT2D eigenvalue weighted by Gasteiger charge is -2.19. The smallest absolute Gasteiger partial charge is 0.260 e. The highest BCUT2D eigenvalue weighted by Crippen LogP contribution is 2.37. The SMILES string of the molecule is CNCc1cc(Cl)c(OC(C)C(=O)NC(C)C)c(OC)c1. The molecule has 1 rings (SSSR count). The zero-order chi connectivity index (χ0) is 16.0. The van der Waals surface area contributed by atoms with E-state index in [0.717, 1.165) is 5.56 Å². The van der Waals surface area contributed by atoms with Crippen LogP contribution >= 0.6 is 11.6 Å². The van der Waals surface area contributed by atoms with Crippen molar-refractivity contribution in [2.75, 3.05) is 14.2 Å². The van der Waals surface area contributed by atoms with Gasteiger partial charge in [-0.05, 0) is 45.5 Å². The molecule has 0 heterocycles. The summed E-state index contributed by atoms with van der Waals surface area (Å²) < 4.78 is 11.0. The van der Waals surface area contributed by atoms with Gasteiger partial charge in [0.05, 0.1) is 12.1 Å². The number of hydrogen-bond acceptors (Lipinski definition) is 4. The van der Waals surface area contributed by atoms with Gasteiger partial charge >= 0.3 is 0 Å². The molecule has 2 N–H and O–H groups in total. The van der Waals surface area contributed by atoms with Crippen molar-refractivity contribution >= 4 is 17.5 Å². The predicted octanol–water partition coefficient (Wildman–Crippen LogP) is 2.36. The van der Waals surface area contributed by atoms with E-state index in [4.69, 9.17) is 21.1 Å². The maximum absolute atomic E-state index is 11.9. The molecule has 0 bridgehead atoms. The number of amides is 1. The van der Waals surface area contributed by atoms with Crippen LogP contribution in [-0.2, 0) is 11.3 Å². The molecule has 6 heteroatoms. The van der Waals surface area contributed by atoms with E-state index in [1.165, 1.54) is 0 Å². The van der Waals surface area contributed by atoms with E-state index in [2.05, 4.69) is 10.6 Å². The number of hydrogen-bond donors (Lipinski definition) is 2. The van der Waals surface area contributed by atoms with Gasteiger partial charge in [0, 0.05) is 12.6 Å². The molecule has 0 aliphatic rings. The lowest BCUT2D eigenvalue weighted by molar-refractivity contribution is -0.127. The number of carbonyl (C=O) groups excluding carboxylic acids is 1. The highest BCUT2D eigenvalue weighted by molar-refractivity contribution is 6.32. The van der Waals surface area contributed by atoms with Crippen molar-refractivity contribution < 1.29 is 14.3 Å². The van der Waals surface area contributed by atoms with Gasteiger partial charge in [0.25, 0.3) is 5.91 Å². The van der Waals surface area contributed by atoms with Crippen LogP contribution in [0.1, 0.15) is 26.3 Å². The minimum atomic E-state index is -0.658. The average Bonchev–Trinajstić information content (AvgIpc) is 2.40. The second-order valence-electron chi connectivity index (χ2n) is 5.06. The average molecular weight is 315 g/mol. The third-order valence-corrected chi connectivity index (χ3v) is 3.05. The second-order valence-corrected chi connectivity index (χ2v) is 5.47. The lowest BCUT2D eigenvalue weighted by atomic mass is 10.2. The predicted molar refractivity (Wildman–Crippen MR) is 84.1 cm³/mol. The summed E-state index contributed by atoms with van der Waals surface area (Å²) in [5.74, 6) is 0.699. The quantitative estimate of drug-likeness (QED) is 0.811. The Morgan fingerprint density at radius 3 is 2.52 bits per heavy atom. The fourth-order valence-electron chi connectivity index (χ4n) is 1.83. The highest BCUT2D eigenvalue weighted by atomic mass is 35.5. The van der Waals surface area contributed by atoms with Gasteiger partial charge in [0.2, 0.25) is 0 Å². The van der Waals surface area contributed by atoms with Crippen LogP contribution in [0.3, 0.4) is 0 Å². The second kappa shape index (κ2) is 8.10. The Kier molecular flexibility index (Phi) is 6.78. The molecule has 0 saturated carbocycles. The summed E-state index contributed by atoms with van der Waals surface area (Å²) in [6, 6.07) is 3.69. The van der Waals surface area contributed by atoms with Crippen LogP contribution in [0.25, 0.3) is 0 Å². The Morgan fingerprint density at radius 2 is 2.00 bits per heavy atom.